The van der Waals surface area contributed by atoms with Crippen LogP contribution in [0.15, 0.2) is 12.3 Å². The minimum absolute atomic E-state index is 0.588. The van der Waals surface area contributed by atoms with Crippen molar-refractivity contribution < 1.29 is 0 Å². The maximum absolute atomic E-state index is 2.35. The van der Waals surface area contributed by atoms with E-state index < -0.39 is 0 Å². The summed E-state index contributed by atoms with van der Waals surface area (Å²) < 4.78 is 0. The van der Waals surface area contributed by atoms with E-state index in [4.69, 9.17) is 0 Å². The molecule has 2 heteroatoms. The van der Waals surface area contributed by atoms with Crippen LogP contribution < -0.4 is 0 Å². The first-order valence-electron chi connectivity index (χ1n) is 4.01. The van der Waals surface area contributed by atoms with E-state index in [1.165, 1.54) is 0 Å². The minimum atomic E-state index is 0.588. The van der Waals surface area contributed by atoms with Crippen molar-refractivity contribution in [2.75, 3.05) is 13.1 Å². The van der Waals surface area contributed by atoms with Gasteiger partial charge in [-0.2, -0.15) is 0 Å². The van der Waals surface area contributed by atoms with Gasteiger partial charge in [0, 0.05) is 25.3 Å². The largest absolute Gasteiger partial charge is 0.313 e. The molecule has 58 valence electrons. The van der Waals surface area contributed by atoms with Crippen LogP contribution in [-0.4, -0.2) is 29.1 Å². The first-order chi connectivity index (χ1) is 4.79. The van der Waals surface area contributed by atoms with Gasteiger partial charge in [-0.05, 0) is 19.9 Å². The van der Waals surface area contributed by atoms with Gasteiger partial charge in [0.15, 0.2) is 0 Å². The zero-order valence-corrected chi connectivity index (χ0v) is 7.04. The first kappa shape index (κ1) is 7.61. The molecule has 0 aromatic rings. The second-order valence-electron chi connectivity index (χ2n) is 2.59. The van der Waals surface area contributed by atoms with Crippen molar-refractivity contribution in [3.63, 3.8) is 0 Å². The summed E-state index contributed by atoms with van der Waals surface area (Å²) in [5.74, 6) is 0. The van der Waals surface area contributed by atoms with Gasteiger partial charge in [0.25, 0.3) is 0 Å². The van der Waals surface area contributed by atoms with Gasteiger partial charge in [-0.1, -0.05) is 6.92 Å². The average molecular weight is 140 g/mol. The van der Waals surface area contributed by atoms with Crippen LogP contribution in [0.25, 0.3) is 0 Å². The molecule has 1 atom stereocenters. The van der Waals surface area contributed by atoms with Gasteiger partial charge in [0.05, 0.1) is 0 Å². The number of hydrogen-bond donors (Lipinski definition) is 0. The summed E-state index contributed by atoms with van der Waals surface area (Å²) in [7, 11) is 0. The Hall–Kier alpha value is -0.500. The van der Waals surface area contributed by atoms with Gasteiger partial charge in [-0.15, -0.1) is 0 Å². The van der Waals surface area contributed by atoms with Crippen molar-refractivity contribution in [1.82, 2.24) is 10.0 Å². The molecular formula is C8H16N2. The number of hydrazine groups is 1. The van der Waals surface area contributed by atoms with E-state index in [0.717, 1.165) is 13.1 Å². The Labute approximate surface area is 63.1 Å². The highest BCUT2D eigenvalue weighted by molar-refractivity contribution is 4.97. The highest BCUT2D eigenvalue weighted by atomic mass is 15.6. The maximum atomic E-state index is 2.35. The normalized spacial score (nSPS) is 26.3. The lowest BCUT2D eigenvalue weighted by Gasteiger charge is -2.29. The Kier molecular flexibility index (Phi) is 2.33. The molecule has 10 heavy (non-hydrogen) atoms. The third-order valence-electron chi connectivity index (χ3n) is 1.98. The second kappa shape index (κ2) is 3.06. The monoisotopic (exact) mass is 140 g/mol. The Bertz CT molecular complexity index is 131. The van der Waals surface area contributed by atoms with E-state index in [0.29, 0.717) is 6.04 Å². The Balaban J connectivity index is 2.53. The van der Waals surface area contributed by atoms with Gasteiger partial charge in [0.2, 0.25) is 0 Å². The molecule has 0 bridgehead atoms. The van der Waals surface area contributed by atoms with Gasteiger partial charge in [-0.3, -0.25) is 0 Å². The molecule has 0 aliphatic carbocycles. The van der Waals surface area contributed by atoms with E-state index in [9.17, 15) is 0 Å². The van der Waals surface area contributed by atoms with Crippen molar-refractivity contribution >= 4 is 0 Å². The van der Waals surface area contributed by atoms with Crippen LogP contribution in [0.1, 0.15) is 20.8 Å². The molecule has 0 spiro atoms. The topological polar surface area (TPSA) is 6.48 Å². The van der Waals surface area contributed by atoms with Crippen molar-refractivity contribution in [3.05, 3.63) is 12.3 Å². The maximum Gasteiger partial charge on any atom is 0.0462 e. The van der Waals surface area contributed by atoms with E-state index in [1.54, 1.807) is 0 Å². The third kappa shape index (κ3) is 1.16. The van der Waals surface area contributed by atoms with Gasteiger partial charge in [-0.25, -0.2) is 5.01 Å². The lowest BCUT2D eigenvalue weighted by molar-refractivity contribution is 0.0325. The van der Waals surface area contributed by atoms with Crippen LogP contribution in [0.2, 0.25) is 0 Å². The molecule has 0 N–H and O–H groups in total. The second-order valence-corrected chi connectivity index (χ2v) is 2.59. The van der Waals surface area contributed by atoms with Crippen LogP contribution in [-0.2, 0) is 0 Å². The van der Waals surface area contributed by atoms with Crippen LogP contribution in [0.4, 0.5) is 0 Å². The highest BCUT2D eigenvalue weighted by Crippen LogP contribution is 2.13. The lowest BCUT2D eigenvalue weighted by Crippen LogP contribution is -2.39. The zero-order valence-electron chi connectivity index (χ0n) is 7.04. The summed E-state index contributed by atoms with van der Waals surface area (Å²) >= 11 is 0. The minimum Gasteiger partial charge on any atom is -0.313 e. The lowest BCUT2D eigenvalue weighted by atomic mass is 10.3. The number of likely N-dealkylation sites (N-methyl/N-ethyl adjacent to an activating group) is 1. The predicted octanol–water partition coefficient (Wildman–Crippen LogP) is 1.46. The summed E-state index contributed by atoms with van der Waals surface area (Å²) in [4.78, 5) is 0. The SMILES string of the molecule is CCN1C=CC(C)N1CC. The van der Waals surface area contributed by atoms with Crippen LogP contribution in [0.5, 0.6) is 0 Å². The molecule has 0 fully saturated rings. The van der Waals surface area contributed by atoms with Crippen molar-refractivity contribution in [1.29, 1.82) is 0 Å². The molecule has 1 aliphatic rings. The Morgan fingerprint density at radius 1 is 1.30 bits per heavy atom. The Morgan fingerprint density at radius 3 is 2.40 bits per heavy atom. The van der Waals surface area contributed by atoms with Crippen LogP contribution in [0, 0.1) is 0 Å². The fourth-order valence-corrected chi connectivity index (χ4v) is 1.40. The molecule has 1 heterocycles. The number of rotatable bonds is 2. The van der Waals surface area contributed by atoms with Crippen molar-refractivity contribution in [3.8, 4) is 0 Å². The summed E-state index contributed by atoms with van der Waals surface area (Å²) in [6.07, 6.45) is 4.39. The predicted molar refractivity (Wildman–Crippen MR) is 43.4 cm³/mol. The zero-order chi connectivity index (χ0) is 7.56. The molecule has 2 nitrogen and oxygen atoms in total. The van der Waals surface area contributed by atoms with Crippen LogP contribution >= 0.6 is 0 Å². The van der Waals surface area contributed by atoms with E-state index in [2.05, 4.69) is 43.1 Å². The van der Waals surface area contributed by atoms with E-state index in [-0.39, 0.29) is 0 Å². The Morgan fingerprint density at radius 2 is 2.00 bits per heavy atom. The average Bonchev–Trinajstić information content (AvgIpc) is 2.30. The number of nitrogens with zero attached hydrogens (tertiary/aromatic N) is 2. The van der Waals surface area contributed by atoms with Crippen molar-refractivity contribution in [2.45, 2.75) is 26.8 Å². The number of hydrogen-bond acceptors (Lipinski definition) is 2. The van der Waals surface area contributed by atoms with Gasteiger partial charge >= 0.3 is 0 Å². The molecule has 0 radical (unpaired) electrons. The molecule has 0 aromatic heterocycles. The smallest absolute Gasteiger partial charge is 0.0462 e. The van der Waals surface area contributed by atoms with Crippen LogP contribution in [0.3, 0.4) is 0 Å². The summed E-state index contributed by atoms with van der Waals surface area (Å²) in [5, 5.41) is 4.60. The highest BCUT2D eigenvalue weighted by Gasteiger charge is 2.18. The molecule has 1 unspecified atom stereocenters. The van der Waals surface area contributed by atoms with E-state index in [1.807, 2.05) is 0 Å². The fourth-order valence-electron chi connectivity index (χ4n) is 1.40. The van der Waals surface area contributed by atoms with Crippen molar-refractivity contribution in [2.24, 2.45) is 0 Å². The molecule has 0 amide bonds. The van der Waals surface area contributed by atoms with E-state index >= 15 is 0 Å². The molecule has 1 rings (SSSR count). The first-order valence-corrected chi connectivity index (χ1v) is 4.01. The van der Waals surface area contributed by atoms with Gasteiger partial charge in [0.1, 0.15) is 0 Å². The standard InChI is InChI=1S/C8H16N2/c1-4-9-7-6-8(3)10(9)5-2/h6-8H,4-5H2,1-3H3. The molecular weight excluding hydrogens is 124 g/mol. The molecule has 0 aromatic carbocycles. The molecule has 0 saturated carbocycles. The summed E-state index contributed by atoms with van der Waals surface area (Å²) in [6, 6.07) is 0.588. The molecule has 0 saturated heterocycles. The fraction of sp³-hybridized carbons (Fsp3) is 0.750. The summed E-state index contributed by atoms with van der Waals surface area (Å²) in [5.41, 5.74) is 0. The molecule has 1 aliphatic heterocycles. The van der Waals surface area contributed by atoms with Gasteiger partial charge < -0.3 is 5.01 Å². The summed E-state index contributed by atoms with van der Waals surface area (Å²) in [6.45, 7) is 8.75. The third-order valence-corrected chi connectivity index (χ3v) is 1.98. The quantitative estimate of drug-likeness (QED) is 0.573.